The molecule has 0 aliphatic rings. The fourth-order valence-electron chi connectivity index (χ4n) is 1.11. The molecule has 1 aromatic rings. The summed E-state index contributed by atoms with van der Waals surface area (Å²) in [5.74, 6) is -0.338. The minimum Gasteiger partial charge on any atom is -0.375 e. The van der Waals surface area contributed by atoms with Gasteiger partial charge in [-0.3, -0.25) is 0 Å². The second kappa shape index (κ2) is 4.56. The predicted octanol–water partition coefficient (Wildman–Crippen LogP) is 2.13. The van der Waals surface area contributed by atoms with Gasteiger partial charge in [0.1, 0.15) is 5.82 Å². The Morgan fingerprint density at radius 1 is 1.62 bits per heavy atom. The Kier molecular flexibility index (Phi) is 3.66. The van der Waals surface area contributed by atoms with E-state index in [1.165, 1.54) is 25.3 Å². The third kappa shape index (κ3) is 2.40. The molecule has 2 nitrogen and oxygen atoms in total. The second-order valence-electron chi connectivity index (χ2n) is 2.63. The number of nitrogens with two attached hydrogens (primary N) is 1. The maximum absolute atomic E-state index is 12.8. The average Bonchev–Trinajstić information content (AvgIpc) is 2.13. The fourth-order valence-corrected chi connectivity index (χ4v) is 1.35. The molecule has 1 rings (SSSR count). The number of ether oxygens (including phenoxy) is 1. The second-order valence-corrected chi connectivity index (χ2v) is 3.03. The number of hydrogen-bond acceptors (Lipinski definition) is 2. The van der Waals surface area contributed by atoms with Gasteiger partial charge in [0.15, 0.2) is 0 Å². The molecule has 1 aromatic carbocycles. The Hall–Kier alpha value is -0.640. The quantitative estimate of drug-likeness (QED) is 0.817. The molecular formula is C9H11ClFNO. The largest absolute Gasteiger partial charge is 0.375 e. The zero-order chi connectivity index (χ0) is 9.84. The van der Waals surface area contributed by atoms with E-state index >= 15 is 0 Å². The fraction of sp³-hybridized carbons (Fsp3) is 0.333. The van der Waals surface area contributed by atoms with Gasteiger partial charge < -0.3 is 10.5 Å². The lowest BCUT2D eigenvalue weighted by atomic mass is 10.1. The first-order chi connectivity index (χ1) is 6.19. The van der Waals surface area contributed by atoms with Crippen molar-refractivity contribution in [1.29, 1.82) is 0 Å². The molecule has 0 heterocycles. The van der Waals surface area contributed by atoms with Crippen LogP contribution < -0.4 is 5.73 Å². The molecule has 0 fully saturated rings. The van der Waals surface area contributed by atoms with Crippen LogP contribution in [0.1, 0.15) is 11.7 Å². The van der Waals surface area contributed by atoms with Crippen LogP contribution in [0.4, 0.5) is 4.39 Å². The Balaban J connectivity index is 3.03. The first-order valence-corrected chi connectivity index (χ1v) is 4.24. The number of halogens is 2. The van der Waals surface area contributed by atoms with E-state index < -0.39 is 0 Å². The van der Waals surface area contributed by atoms with Gasteiger partial charge in [-0.15, -0.1) is 0 Å². The van der Waals surface area contributed by atoms with E-state index in [0.29, 0.717) is 10.6 Å². The third-order valence-corrected chi connectivity index (χ3v) is 2.15. The Labute approximate surface area is 81.4 Å². The van der Waals surface area contributed by atoms with Crippen LogP contribution in [-0.2, 0) is 4.74 Å². The molecule has 1 atom stereocenters. The minimum atomic E-state index is -0.344. The number of rotatable bonds is 3. The van der Waals surface area contributed by atoms with Gasteiger partial charge in [0.05, 0.1) is 6.10 Å². The van der Waals surface area contributed by atoms with E-state index in [2.05, 4.69) is 0 Å². The van der Waals surface area contributed by atoms with E-state index in [1.807, 2.05) is 0 Å². The van der Waals surface area contributed by atoms with Crippen molar-refractivity contribution >= 4 is 11.6 Å². The van der Waals surface area contributed by atoms with Crippen molar-refractivity contribution in [1.82, 2.24) is 0 Å². The van der Waals surface area contributed by atoms with Crippen LogP contribution in [-0.4, -0.2) is 13.7 Å². The van der Waals surface area contributed by atoms with Crippen LogP contribution in [0.25, 0.3) is 0 Å². The number of benzene rings is 1. The van der Waals surface area contributed by atoms with Gasteiger partial charge in [-0.2, -0.15) is 0 Å². The number of methoxy groups -OCH3 is 1. The summed E-state index contributed by atoms with van der Waals surface area (Å²) in [4.78, 5) is 0. The molecule has 4 heteroatoms. The minimum absolute atomic E-state index is 0.277. The van der Waals surface area contributed by atoms with E-state index in [4.69, 9.17) is 22.1 Å². The highest BCUT2D eigenvalue weighted by Crippen LogP contribution is 2.25. The summed E-state index contributed by atoms with van der Waals surface area (Å²) in [5, 5.41) is 0.471. The molecule has 0 aliphatic carbocycles. The SMILES string of the molecule is COC(CN)c1cc(F)ccc1Cl. The van der Waals surface area contributed by atoms with Gasteiger partial charge in [0.2, 0.25) is 0 Å². The summed E-state index contributed by atoms with van der Waals surface area (Å²) in [7, 11) is 1.51. The third-order valence-electron chi connectivity index (χ3n) is 1.80. The van der Waals surface area contributed by atoms with Crippen LogP contribution in [0.2, 0.25) is 5.02 Å². The molecule has 72 valence electrons. The first-order valence-electron chi connectivity index (χ1n) is 3.87. The smallest absolute Gasteiger partial charge is 0.123 e. The molecule has 0 aliphatic heterocycles. The summed E-state index contributed by atoms with van der Waals surface area (Å²) in [5.41, 5.74) is 6.02. The van der Waals surface area contributed by atoms with Crippen LogP contribution in [0.3, 0.4) is 0 Å². The van der Waals surface area contributed by atoms with E-state index in [-0.39, 0.29) is 18.5 Å². The molecule has 0 saturated heterocycles. The molecule has 0 aromatic heterocycles. The van der Waals surface area contributed by atoms with Crippen LogP contribution >= 0.6 is 11.6 Å². The van der Waals surface area contributed by atoms with Crippen LogP contribution in [0, 0.1) is 5.82 Å². The average molecular weight is 204 g/mol. The predicted molar refractivity (Wildman–Crippen MR) is 50.2 cm³/mol. The van der Waals surface area contributed by atoms with Gasteiger partial charge >= 0.3 is 0 Å². The van der Waals surface area contributed by atoms with Crippen molar-refractivity contribution in [3.8, 4) is 0 Å². The van der Waals surface area contributed by atoms with Crippen molar-refractivity contribution in [3.05, 3.63) is 34.6 Å². The van der Waals surface area contributed by atoms with Gasteiger partial charge in [-0.25, -0.2) is 4.39 Å². The summed E-state index contributed by atoms with van der Waals surface area (Å²) in [6.07, 6.45) is -0.344. The zero-order valence-corrected chi connectivity index (χ0v) is 8.01. The topological polar surface area (TPSA) is 35.2 Å². The van der Waals surface area contributed by atoms with Gasteiger partial charge in [-0.1, -0.05) is 11.6 Å². The molecule has 13 heavy (non-hydrogen) atoms. The molecule has 2 N–H and O–H groups in total. The lowest BCUT2D eigenvalue weighted by Gasteiger charge is -2.14. The van der Waals surface area contributed by atoms with E-state index in [0.717, 1.165) is 0 Å². The van der Waals surface area contributed by atoms with Gasteiger partial charge in [-0.05, 0) is 18.2 Å². The molecule has 0 saturated carbocycles. The maximum Gasteiger partial charge on any atom is 0.123 e. The first kappa shape index (κ1) is 10.4. The van der Waals surface area contributed by atoms with Crippen LogP contribution in [0.15, 0.2) is 18.2 Å². The molecular weight excluding hydrogens is 193 g/mol. The lowest BCUT2D eigenvalue weighted by molar-refractivity contribution is 0.110. The molecule has 1 unspecified atom stereocenters. The molecule has 0 amide bonds. The molecule has 0 bridgehead atoms. The summed E-state index contributed by atoms with van der Waals surface area (Å²) in [6, 6.07) is 4.13. The standard InChI is InChI=1S/C9H11ClFNO/c1-13-9(5-12)7-4-6(11)2-3-8(7)10/h2-4,9H,5,12H2,1H3. The summed E-state index contributed by atoms with van der Waals surface area (Å²) in [6.45, 7) is 0.277. The van der Waals surface area contributed by atoms with Crippen molar-refractivity contribution in [3.63, 3.8) is 0 Å². The van der Waals surface area contributed by atoms with Crippen LogP contribution in [0.5, 0.6) is 0 Å². The van der Waals surface area contributed by atoms with Gasteiger partial charge in [0, 0.05) is 24.2 Å². The normalized spacial score (nSPS) is 12.9. The van der Waals surface area contributed by atoms with Gasteiger partial charge in [0.25, 0.3) is 0 Å². The van der Waals surface area contributed by atoms with E-state index in [1.54, 1.807) is 0 Å². The summed E-state index contributed by atoms with van der Waals surface area (Å²) >= 11 is 5.85. The Morgan fingerprint density at radius 3 is 2.85 bits per heavy atom. The van der Waals surface area contributed by atoms with Crippen molar-refractivity contribution < 1.29 is 9.13 Å². The zero-order valence-electron chi connectivity index (χ0n) is 7.26. The lowest BCUT2D eigenvalue weighted by Crippen LogP contribution is -2.14. The number of hydrogen-bond donors (Lipinski definition) is 1. The van der Waals surface area contributed by atoms with Crippen molar-refractivity contribution in [2.45, 2.75) is 6.10 Å². The Bertz CT molecular complexity index is 289. The highest BCUT2D eigenvalue weighted by molar-refractivity contribution is 6.31. The Morgan fingerprint density at radius 2 is 2.31 bits per heavy atom. The van der Waals surface area contributed by atoms with Crippen molar-refractivity contribution in [2.75, 3.05) is 13.7 Å². The highest BCUT2D eigenvalue weighted by Gasteiger charge is 2.12. The highest BCUT2D eigenvalue weighted by atomic mass is 35.5. The summed E-state index contributed by atoms with van der Waals surface area (Å²) < 4.78 is 17.9. The van der Waals surface area contributed by atoms with E-state index in [9.17, 15) is 4.39 Å². The maximum atomic E-state index is 12.8. The molecule has 0 radical (unpaired) electrons. The molecule has 0 spiro atoms. The monoisotopic (exact) mass is 203 g/mol. The van der Waals surface area contributed by atoms with Crippen molar-refractivity contribution in [2.24, 2.45) is 5.73 Å².